The fourth-order valence-corrected chi connectivity index (χ4v) is 1.20. The van der Waals surface area contributed by atoms with Gasteiger partial charge >= 0.3 is 0 Å². The number of aromatic nitrogens is 1. The summed E-state index contributed by atoms with van der Waals surface area (Å²) in [5.74, 6) is 5.40. The lowest BCUT2D eigenvalue weighted by atomic mass is 10.4. The third-order valence-electron chi connectivity index (χ3n) is 1.28. The summed E-state index contributed by atoms with van der Waals surface area (Å²) in [6.07, 6.45) is 4.29. The summed E-state index contributed by atoms with van der Waals surface area (Å²) >= 11 is 0. The molecular formula is C6H10N4OS. The maximum absolute atomic E-state index is 11.1. The Morgan fingerprint density at radius 2 is 2.42 bits per heavy atom. The van der Waals surface area contributed by atoms with Gasteiger partial charge < -0.3 is 0 Å². The molecule has 0 radical (unpaired) electrons. The molecule has 1 rings (SSSR count). The summed E-state index contributed by atoms with van der Waals surface area (Å²) < 4.78 is 19.2. The van der Waals surface area contributed by atoms with Crippen LogP contribution >= 0.6 is 0 Å². The van der Waals surface area contributed by atoms with Gasteiger partial charge in [-0.1, -0.05) is 0 Å². The van der Waals surface area contributed by atoms with Crippen molar-refractivity contribution < 1.29 is 4.21 Å². The van der Waals surface area contributed by atoms with Gasteiger partial charge in [0.2, 0.25) is 0 Å². The predicted molar refractivity (Wildman–Crippen MR) is 47.7 cm³/mol. The Morgan fingerprint density at radius 3 is 2.83 bits per heavy atom. The van der Waals surface area contributed by atoms with E-state index in [1.807, 2.05) is 0 Å². The second-order valence-electron chi connectivity index (χ2n) is 2.34. The van der Waals surface area contributed by atoms with Crippen molar-refractivity contribution in [3.8, 4) is 0 Å². The largest absolute Gasteiger partial charge is 0.262 e. The lowest BCUT2D eigenvalue weighted by molar-refractivity contribution is 0.675. The molecule has 1 aromatic heterocycles. The van der Waals surface area contributed by atoms with Crippen molar-refractivity contribution in [2.24, 2.45) is 5.84 Å². The van der Waals surface area contributed by atoms with Gasteiger partial charge in [0.25, 0.3) is 0 Å². The van der Waals surface area contributed by atoms with E-state index in [1.54, 1.807) is 18.3 Å². The van der Waals surface area contributed by atoms with Crippen LogP contribution in [0, 0.1) is 4.78 Å². The molecule has 1 atom stereocenters. The van der Waals surface area contributed by atoms with Crippen LogP contribution < -0.4 is 10.3 Å². The number of rotatable bonds is 2. The van der Waals surface area contributed by atoms with Crippen molar-refractivity contribution in [2.75, 3.05) is 10.7 Å². The number of hydrogen-bond acceptors (Lipinski definition) is 4. The number of nitrogens with zero attached hydrogens (tertiary/aromatic N) is 2. The molecule has 0 bridgehead atoms. The second kappa shape index (κ2) is 3.08. The summed E-state index contributed by atoms with van der Waals surface area (Å²) in [5, 5.41) is 0. The Bertz CT molecular complexity index is 347. The molecule has 0 saturated heterocycles. The Hall–Kier alpha value is -1.14. The van der Waals surface area contributed by atoms with Gasteiger partial charge in [0.15, 0.2) is 0 Å². The number of nitrogens with two attached hydrogens (primary N) is 1. The molecule has 1 aromatic rings. The highest BCUT2D eigenvalue weighted by Crippen LogP contribution is 2.10. The fourth-order valence-electron chi connectivity index (χ4n) is 0.685. The van der Waals surface area contributed by atoms with Crippen molar-refractivity contribution in [3.63, 3.8) is 0 Å². The summed E-state index contributed by atoms with van der Waals surface area (Å²) in [5.41, 5.74) is 0.472. The molecule has 1 unspecified atom stereocenters. The van der Waals surface area contributed by atoms with Crippen LogP contribution in [0.15, 0.2) is 24.5 Å². The van der Waals surface area contributed by atoms with E-state index >= 15 is 0 Å². The van der Waals surface area contributed by atoms with Gasteiger partial charge in [-0.15, -0.1) is 0 Å². The standard InChI is InChI=1S/C6H10N4OS/c1-12(8,11)10(7)6-3-2-4-9-5-6/h2-5,8H,7H2,1H3. The van der Waals surface area contributed by atoms with Crippen molar-refractivity contribution in [2.45, 2.75) is 0 Å². The number of pyridine rings is 1. The van der Waals surface area contributed by atoms with Crippen LogP contribution in [0.5, 0.6) is 0 Å². The molecule has 6 heteroatoms. The lowest BCUT2D eigenvalue weighted by Gasteiger charge is -2.17. The molecule has 0 amide bonds. The van der Waals surface area contributed by atoms with Gasteiger partial charge in [0.1, 0.15) is 9.92 Å². The van der Waals surface area contributed by atoms with Crippen molar-refractivity contribution >= 4 is 15.6 Å². The molecule has 0 aliphatic rings. The fraction of sp³-hybridized carbons (Fsp3) is 0.167. The maximum Gasteiger partial charge on any atom is 0.139 e. The third-order valence-corrected chi connectivity index (χ3v) is 2.24. The highest BCUT2D eigenvalue weighted by atomic mass is 32.2. The zero-order valence-electron chi connectivity index (χ0n) is 6.60. The minimum Gasteiger partial charge on any atom is -0.262 e. The zero-order chi connectivity index (χ0) is 9.19. The van der Waals surface area contributed by atoms with Crippen LogP contribution in [0.1, 0.15) is 0 Å². The Labute approximate surface area is 71.3 Å². The van der Waals surface area contributed by atoms with Gasteiger partial charge in [0.05, 0.1) is 11.9 Å². The van der Waals surface area contributed by atoms with Crippen molar-refractivity contribution in [3.05, 3.63) is 24.5 Å². The van der Waals surface area contributed by atoms with Crippen LogP contribution in [0.25, 0.3) is 0 Å². The van der Waals surface area contributed by atoms with Crippen LogP contribution in [0.4, 0.5) is 5.69 Å². The summed E-state index contributed by atoms with van der Waals surface area (Å²) in [6.45, 7) is 0. The van der Waals surface area contributed by atoms with Gasteiger partial charge in [-0.05, 0) is 12.1 Å². The molecule has 5 nitrogen and oxygen atoms in total. The third kappa shape index (κ3) is 1.93. The molecule has 12 heavy (non-hydrogen) atoms. The Kier molecular flexibility index (Phi) is 2.30. The van der Waals surface area contributed by atoms with Crippen molar-refractivity contribution in [1.29, 1.82) is 4.78 Å². The van der Waals surface area contributed by atoms with E-state index in [1.165, 1.54) is 12.5 Å². The number of hydrazine groups is 1. The molecule has 0 aromatic carbocycles. The average molecular weight is 186 g/mol. The summed E-state index contributed by atoms with van der Waals surface area (Å²) in [6, 6.07) is 3.31. The molecule has 0 saturated carbocycles. The van der Waals surface area contributed by atoms with Crippen LogP contribution in [0.2, 0.25) is 0 Å². The monoisotopic (exact) mass is 186 g/mol. The first-order chi connectivity index (χ1) is 5.52. The number of nitrogens with one attached hydrogen (secondary N) is 1. The zero-order valence-corrected chi connectivity index (χ0v) is 7.41. The molecule has 1 heterocycles. The van der Waals surface area contributed by atoms with E-state index in [0.717, 1.165) is 4.41 Å². The quantitative estimate of drug-likeness (QED) is 0.516. The first kappa shape index (κ1) is 8.95. The van der Waals surface area contributed by atoms with E-state index in [9.17, 15) is 4.21 Å². The highest BCUT2D eigenvalue weighted by Gasteiger charge is 2.07. The van der Waals surface area contributed by atoms with Gasteiger partial charge in [-0.25, -0.2) is 19.2 Å². The normalized spacial score (nSPS) is 15.2. The minimum absolute atomic E-state index is 0.472. The van der Waals surface area contributed by atoms with E-state index in [4.69, 9.17) is 10.6 Å². The minimum atomic E-state index is -2.88. The van der Waals surface area contributed by atoms with E-state index in [0.29, 0.717) is 5.69 Å². The van der Waals surface area contributed by atoms with E-state index in [2.05, 4.69) is 4.98 Å². The lowest BCUT2D eigenvalue weighted by Crippen LogP contribution is -2.35. The SMILES string of the molecule is CS(=N)(=O)N(N)c1cccnc1. The number of anilines is 1. The van der Waals surface area contributed by atoms with E-state index < -0.39 is 9.92 Å². The first-order valence-electron chi connectivity index (χ1n) is 3.20. The Morgan fingerprint density at radius 1 is 1.75 bits per heavy atom. The van der Waals surface area contributed by atoms with Crippen LogP contribution in [0.3, 0.4) is 0 Å². The van der Waals surface area contributed by atoms with E-state index in [-0.39, 0.29) is 0 Å². The highest BCUT2D eigenvalue weighted by molar-refractivity contribution is 7.93. The second-order valence-corrected chi connectivity index (χ2v) is 4.34. The first-order valence-corrected chi connectivity index (χ1v) is 5.13. The molecular weight excluding hydrogens is 176 g/mol. The molecule has 0 spiro atoms. The van der Waals surface area contributed by atoms with Crippen LogP contribution in [-0.2, 0) is 9.92 Å². The molecule has 0 fully saturated rings. The topological polar surface area (TPSA) is 83.1 Å². The molecule has 66 valence electrons. The van der Waals surface area contributed by atoms with Crippen molar-refractivity contribution in [1.82, 2.24) is 4.98 Å². The Balaban J connectivity index is 3.02. The smallest absolute Gasteiger partial charge is 0.139 e. The van der Waals surface area contributed by atoms with Gasteiger partial charge in [-0.2, -0.15) is 0 Å². The maximum atomic E-state index is 11.1. The number of hydrogen-bond donors (Lipinski definition) is 2. The average Bonchev–Trinajstić information content (AvgIpc) is 2.03. The molecule has 0 aliphatic heterocycles. The predicted octanol–water partition coefficient (Wildman–Crippen LogP) is 0.353. The summed E-state index contributed by atoms with van der Waals surface area (Å²) in [4.78, 5) is 3.79. The van der Waals surface area contributed by atoms with Crippen LogP contribution in [-0.4, -0.2) is 15.4 Å². The van der Waals surface area contributed by atoms with Gasteiger partial charge in [-0.3, -0.25) is 4.98 Å². The van der Waals surface area contributed by atoms with Gasteiger partial charge in [0, 0.05) is 12.5 Å². The summed E-state index contributed by atoms with van der Waals surface area (Å²) in [7, 11) is -2.88. The molecule has 0 aliphatic carbocycles. The molecule has 3 N–H and O–H groups in total.